The van der Waals surface area contributed by atoms with Crippen molar-refractivity contribution in [2.75, 3.05) is 35.8 Å². The second-order valence-electron chi connectivity index (χ2n) is 12.8. The molecule has 0 spiro atoms. The molecule has 2 aliphatic heterocycles. The lowest BCUT2D eigenvalue weighted by atomic mass is 9.79. The second-order valence-corrected chi connectivity index (χ2v) is 14.6. The average Bonchev–Trinajstić information content (AvgIpc) is 3.12. The van der Waals surface area contributed by atoms with Crippen LogP contribution in [0.5, 0.6) is 5.75 Å². The van der Waals surface area contributed by atoms with Crippen LogP contribution in [0.25, 0.3) is 0 Å². The first kappa shape index (κ1) is 33.1. The molecule has 48 heavy (non-hydrogen) atoms. The van der Waals surface area contributed by atoms with E-state index in [1.807, 2.05) is 72.5 Å². The minimum Gasteiger partial charge on any atom is -0.506 e. The van der Waals surface area contributed by atoms with Crippen molar-refractivity contribution in [1.82, 2.24) is 9.80 Å². The molecule has 9 nitrogen and oxygen atoms in total. The van der Waals surface area contributed by atoms with Crippen LogP contribution in [-0.2, 0) is 16.6 Å². The number of phenolic OH excluding ortho intramolecular Hbond substituents is 1. The van der Waals surface area contributed by atoms with E-state index in [0.717, 1.165) is 55.5 Å². The van der Waals surface area contributed by atoms with Gasteiger partial charge in [-0.2, -0.15) is 0 Å². The molecule has 0 atom stereocenters. The summed E-state index contributed by atoms with van der Waals surface area (Å²) in [6.07, 6.45) is 3.75. The number of nitrogens with zero attached hydrogens (tertiary/aromatic N) is 3. The van der Waals surface area contributed by atoms with E-state index < -0.39 is 10.0 Å². The topological polar surface area (TPSA) is 110 Å². The molecule has 0 unspecified atom stereocenters. The van der Waals surface area contributed by atoms with Crippen molar-refractivity contribution in [3.63, 3.8) is 0 Å². The van der Waals surface area contributed by atoms with Crippen LogP contribution >= 0.6 is 0 Å². The molecular weight excluding hydrogens is 625 g/mol. The normalized spacial score (nSPS) is 16.0. The van der Waals surface area contributed by atoms with Crippen LogP contribution in [0.4, 0.5) is 16.2 Å². The minimum atomic E-state index is -4.02. The lowest BCUT2D eigenvalue weighted by molar-refractivity contribution is 0.0618. The molecule has 0 bridgehead atoms. The Hall–Kier alpha value is -4.83. The van der Waals surface area contributed by atoms with Gasteiger partial charge in [-0.25, -0.2) is 13.2 Å². The fraction of sp³-hybridized carbons (Fsp3) is 0.316. The molecule has 2 aliphatic rings. The highest BCUT2D eigenvalue weighted by Crippen LogP contribution is 2.36. The van der Waals surface area contributed by atoms with Gasteiger partial charge in [-0.05, 0) is 86.4 Å². The SMILES string of the molecule is Cc1ccc(S(=O)(=O)N(Cc2ccccc2)c2ccc(NC(=O)N3CCC(C4CCN(C(=O)c5ccccc5)CC4)CC3)cc2O)cc1. The third-order valence-corrected chi connectivity index (χ3v) is 11.4. The van der Waals surface area contributed by atoms with Gasteiger partial charge in [0, 0.05) is 43.5 Å². The Morgan fingerprint density at radius 1 is 0.771 bits per heavy atom. The van der Waals surface area contributed by atoms with Gasteiger partial charge >= 0.3 is 6.03 Å². The number of rotatable bonds is 8. The van der Waals surface area contributed by atoms with Gasteiger partial charge in [0.1, 0.15) is 5.75 Å². The van der Waals surface area contributed by atoms with Crippen LogP contribution < -0.4 is 9.62 Å². The van der Waals surface area contributed by atoms with Crippen LogP contribution in [0.3, 0.4) is 0 Å². The quantitative estimate of drug-likeness (QED) is 0.213. The molecule has 0 radical (unpaired) electrons. The van der Waals surface area contributed by atoms with Gasteiger partial charge in [0.05, 0.1) is 17.1 Å². The maximum absolute atomic E-state index is 13.8. The zero-order valence-electron chi connectivity index (χ0n) is 27.2. The number of benzene rings is 4. The van der Waals surface area contributed by atoms with E-state index in [4.69, 9.17) is 0 Å². The third kappa shape index (κ3) is 7.49. The Morgan fingerprint density at radius 3 is 1.92 bits per heavy atom. The van der Waals surface area contributed by atoms with Gasteiger partial charge in [-0.1, -0.05) is 66.2 Å². The lowest BCUT2D eigenvalue weighted by Crippen LogP contribution is -2.45. The van der Waals surface area contributed by atoms with E-state index in [0.29, 0.717) is 30.6 Å². The van der Waals surface area contributed by atoms with Crippen molar-refractivity contribution in [1.29, 1.82) is 0 Å². The standard InChI is InChI=1S/C38H42N4O5S/c1-28-12-15-34(16-13-28)48(46,47)42(27-29-8-4-2-5-9-29)35-17-14-33(26-36(35)43)39-38(45)41-24-20-31(21-25-41)30-18-22-40(23-19-30)37(44)32-10-6-3-7-11-32/h2-17,26,30-31,43H,18-25,27H2,1H3,(H,39,45). The van der Waals surface area contributed by atoms with Crippen molar-refractivity contribution in [3.05, 3.63) is 120 Å². The average molecular weight is 667 g/mol. The van der Waals surface area contributed by atoms with Gasteiger partial charge in [0.25, 0.3) is 15.9 Å². The maximum Gasteiger partial charge on any atom is 0.321 e. The highest BCUT2D eigenvalue weighted by molar-refractivity contribution is 7.92. The number of carbonyl (C=O) groups is 2. The number of amides is 3. The molecular formula is C38H42N4O5S. The summed E-state index contributed by atoms with van der Waals surface area (Å²) in [5, 5.41) is 14.0. The predicted molar refractivity (Wildman–Crippen MR) is 187 cm³/mol. The monoisotopic (exact) mass is 666 g/mol. The summed E-state index contributed by atoms with van der Waals surface area (Å²) in [5.74, 6) is 0.888. The number of hydrogen-bond acceptors (Lipinski definition) is 5. The van der Waals surface area contributed by atoms with Crippen LogP contribution in [0.2, 0.25) is 0 Å². The first-order valence-corrected chi connectivity index (χ1v) is 18.0. The summed E-state index contributed by atoms with van der Waals surface area (Å²) in [6, 6.07) is 29.5. The van der Waals surface area contributed by atoms with E-state index >= 15 is 0 Å². The third-order valence-electron chi connectivity index (χ3n) is 9.61. The minimum absolute atomic E-state index is 0.0214. The van der Waals surface area contributed by atoms with Gasteiger partial charge in [-0.3, -0.25) is 9.10 Å². The summed E-state index contributed by atoms with van der Waals surface area (Å²) in [6.45, 7) is 4.68. The fourth-order valence-electron chi connectivity index (χ4n) is 6.81. The Labute approximate surface area is 282 Å². The van der Waals surface area contributed by atoms with Crippen molar-refractivity contribution >= 4 is 33.3 Å². The van der Waals surface area contributed by atoms with Crippen molar-refractivity contribution < 1.29 is 23.1 Å². The largest absolute Gasteiger partial charge is 0.506 e. The second kappa shape index (κ2) is 14.5. The molecule has 4 aromatic rings. The number of piperidine rings is 2. The number of anilines is 2. The molecule has 2 saturated heterocycles. The molecule has 6 rings (SSSR count). The Morgan fingerprint density at radius 2 is 1.33 bits per heavy atom. The van der Waals surface area contributed by atoms with Gasteiger partial charge < -0.3 is 20.2 Å². The summed E-state index contributed by atoms with van der Waals surface area (Å²) < 4.78 is 28.9. The Balaban J connectivity index is 1.07. The molecule has 0 saturated carbocycles. The first-order valence-electron chi connectivity index (χ1n) is 16.6. The molecule has 2 fully saturated rings. The van der Waals surface area contributed by atoms with Crippen LogP contribution in [0.15, 0.2) is 108 Å². The van der Waals surface area contributed by atoms with Gasteiger partial charge in [0.15, 0.2) is 0 Å². The molecule has 10 heteroatoms. The Kier molecular flexibility index (Phi) is 10.0. The number of nitrogens with one attached hydrogen (secondary N) is 1. The number of sulfonamides is 1. The summed E-state index contributed by atoms with van der Waals surface area (Å²) in [5.41, 5.74) is 2.93. The van der Waals surface area contributed by atoms with Crippen LogP contribution in [-0.4, -0.2) is 61.4 Å². The number of hydrogen-bond donors (Lipinski definition) is 2. The number of aromatic hydroxyl groups is 1. The fourth-order valence-corrected chi connectivity index (χ4v) is 8.28. The molecule has 4 aromatic carbocycles. The molecule has 3 amide bonds. The molecule has 0 aromatic heterocycles. The number of urea groups is 1. The molecule has 0 aliphatic carbocycles. The maximum atomic E-state index is 13.8. The van der Waals surface area contributed by atoms with E-state index in [9.17, 15) is 23.1 Å². The summed E-state index contributed by atoms with van der Waals surface area (Å²) in [7, 11) is -4.02. The highest BCUT2D eigenvalue weighted by atomic mass is 32.2. The van der Waals surface area contributed by atoms with Crippen LogP contribution in [0, 0.1) is 18.8 Å². The number of phenols is 1. The predicted octanol–water partition coefficient (Wildman–Crippen LogP) is 6.89. The number of carbonyl (C=O) groups excluding carboxylic acids is 2. The Bertz CT molecular complexity index is 1820. The highest BCUT2D eigenvalue weighted by Gasteiger charge is 2.33. The van der Waals surface area contributed by atoms with Gasteiger partial charge in [0.2, 0.25) is 0 Å². The summed E-state index contributed by atoms with van der Waals surface area (Å²) in [4.78, 5) is 29.9. The van der Waals surface area contributed by atoms with E-state index in [-0.39, 0.29) is 34.8 Å². The number of likely N-dealkylation sites (tertiary alicyclic amines) is 2. The van der Waals surface area contributed by atoms with E-state index in [1.54, 1.807) is 35.2 Å². The van der Waals surface area contributed by atoms with Crippen molar-refractivity contribution in [2.24, 2.45) is 11.8 Å². The van der Waals surface area contributed by atoms with Crippen LogP contribution in [0.1, 0.15) is 47.2 Å². The van der Waals surface area contributed by atoms with Crippen molar-refractivity contribution in [2.45, 2.75) is 44.0 Å². The smallest absolute Gasteiger partial charge is 0.321 e. The molecule has 2 heterocycles. The molecule has 2 N–H and O–H groups in total. The number of aryl methyl sites for hydroxylation is 1. The zero-order chi connectivity index (χ0) is 33.7. The molecule has 250 valence electrons. The summed E-state index contributed by atoms with van der Waals surface area (Å²) >= 11 is 0. The first-order chi connectivity index (χ1) is 23.2. The van der Waals surface area contributed by atoms with Gasteiger partial charge in [-0.15, -0.1) is 0 Å². The zero-order valence-corrected chi connectivity index (χ0v) is 28.0. The van der Waals surface area contributed by atoms with E-state index in [1.165, 1.54) is 16.4 Å². The van der Waals surface area contributed by atoms with Crippen molar-refractivity contribution in [3.8, 4) is 5.75 Å². The van der Waals surface area contributed by atoms with E-state index in [2.05, 4.69) is 5.32 Å². The lowest BCUT2D eigenvalue weighted by Gasteiger charge is -2.40.